The molecule has 0 amide bonds. The zero-order chi connectivity index (χ0) is 9.84. The lowest BCUT2D eigenvalue weighted by atomic mass is 10.2. The number of phenols is 1. The Bertz CT molecular complexity index is 288. The molecule has 0 radical (unpaired) electrons. The first kappa shape index (κ1) is 9.69. The van der Waals surface area contributed by atoms with Gasteiger partial charge in [-0.15, -0.1) is 0 Å². The summed E-state index contributed by atoms with van der Waals surface area (Å²) in [5.74, 6) is 0.00810. The molecule has 0 unspecified atom stereocenters. The first-order chi connectivity index (χ1) is 6.15. The summed E-state index contributed by atoms with van der Waals surface area (Å²) < 4.78 is 9.32. The molecule has 0 fully saturated rings. The Morgan fingerprint density at radius 1 is 1.31 bits per heavy atom. The van der Waals surface area contributed by atoms with Gasteiger partial charge in [0, 0.05) is 0 Å². The van der Waals surface area contributed by atoms with Crippen LogP contribution in [0, 0.1) is 0 Å². The van der Waals surface area contributed by atoms with Crippen molar-refractivity contribution in [2.24, 2.45) is 0 Å². The average molecular weight is 184 g/mol. The zero-order valence-corrected chi connectivity index (χ0v) is 6.97. The Morgan fingerprint density at radius 3 is 2.54 bits per heavy atom. The van der Waals surface area contributed by atoms with E-state index in [9.17, 15) is 5.11 Å². The van der Waals surface area contributed by atoms with Crippen LogP contribution < -0.4 is 9.39 Å². The molecule has 0 aliphatic heterocycles. The number of hydrogen-bond donors (Lipinski definition) is 3. The summed E-state index contributed by atoms with van der Waals surface area (Å²) in [4.78, 5) is 0. The van der Waals surface area contributed by atoms with Gasteiger partial charge in [-0.05, 0) is 12.1 Å². The second-order valence-corrected chi connectivity index (χ2v) is 2.25. The smallest absolute Gasteiger partial charge is 0.509 e. The summed E-state index contributed by atoms with van der Waals surface area (Å²) in [5, 5.41) is 26.3. The van der Waals surface area contributed by atoms with Crippen LogP contribution in [-0.4, -0.2) is 29.6 Å². The maximum absolute atomic E-state index is 9.24. The molecule has 0 aliphatic carbocycles. The molecule has 0 aromatic heterocycles. The predicted octanol–water partition coefficient (Wildman–Crippen LogP) is -0.251. The lowest BCUT2D eigenvalue weighted by Crippen LogP contribution is -2.20. The fourth-order valence-corrected chi connectivity index (χ4v) is 0.916. The van der Waals surface area contributed by atoms with Crippen molar-refractivity contribution in [2.45, 2.75) is 0 Å². The predicted molar refractivity (Wildman–Crippen MR) is 45.5 cm³/mol. The van der Waals surface area contributed by atoms with Crippen molar-refractivity contribution < 1.29 is 24.5 Å². The van der Waals surface area contributed by atoms with E-state index in [1.54, 1.807) is 0 Å². The molecule has 70 valence electrons. The van der Waals surface area contributed by atoms with Gasteiger partial charge in [0.05, 0.1) is 7.11 Å². The van der Waals surface area contributed by atoms with Crippen molar-refractivity contribution in [3.05, 3.63) is 18.2 Å². The van der Waals surface area contributed by atoms with Crippen LogP contribution in [0.5, 0.6) is 17.2 Å². The maximum atomic E-state index is 9.24. The van der Waals surface area contributed by atoms with Gasteiger partial charge < -0.3 is 24.5 Å². The molecular weight excluding hydrogens is 175 g/mol. The van der Waals surface area contributed by atoms with Gasteiger partial charge in [0.15, 0.2) is 5.75 Å². The van der Waals surface area contributed by atoms with Gasteiger partial charge in [-0.25, -0.2) is 0 Å². The van der Waals surface area contributed by atoms with Crippen LogP contribution in [0.15, 0.2) is 18.2 Å². The fraction of sp³-hybridized carbons (Fsp3) is 0.143. The number of ether oxygens (including phenoxy) is 1. The van der Waals surface area contributed by atoms with Gasteiger partial charge in [-0.3, -0.25) is 0 Å². The molecular formula is C7H9BO5. The van der Waals surface area contributed by atoms with Crippen LogP contribution in [0.2, 0.25) is 0 Å². The largest absolute Gasteiger partial charge is 0.707 e. The third-order valence-electron chi connectivity index (χ3n) is 1.39. The molecule has 1 aromatic rings. The Labute approximate surface area is 75.3 Å². The molecule has 6 heteroatoms. The molecule has 0 saturated heterocycles. The van der Waals surface area contributed by atoms with Crippen LogP contribution in [0.4, 0.5) is 0 Å². The second kappa shape index (κ2) is 4.02. The normalized spacial score (nSPS) is 9.46. The monoisotopic (exact) mass is 184 g/mol. The first-order valence-electron chi connectivity index (χ1n) is 3.54. The molecule has 0 bridgehead atoms. The van der Waals surface area contributed by atoms with Gasteiger partial charge in [-0.2, -0.15) is 0 Å². The first-order valence-corrected chi connectivity index (χ1v) is 3.54. The Hall–Kier alpha value is -1.40. The summed E-state index contributed by atoms with van der Waals surface area (Å²) in [6, 6.07) is 4.34. The van der Waals surface area contributed by atoms with E-state index in [1.165, 1.54) is 25.3 Å². The van der Waals surface area contributed by atoms with Crippen molar-refractivity contribution in [1.29, 1.82) is 0 Å². The van der Waals surface area contributed by atoms with E-state index in [2.05, 4.69) is 4.65 Å². The summed E-state index contributed by atoms with van der Waals surface area (Å²) in [7, 11) is -0.596. The third-order valence-corrected chi connectivity index (χ3v) is 1.39. The Balaban J connectivity index is 2.98. The van der Waals surface area contributed by atoms with Gasteiger partial charge >= 0.3 is 7.32 Å². The summed E-state index contributed by atoms with van der Waals surface area (Å²) in [5.41, 5.74) is 0. The second-order valence-electron chi connectivity index (χ2n) is 2.25. The van der Waals surface area contributed by atoms with Crippen molar-refractivity contribution in [3.8, 4) is 17.2 Å². The Kier molecular flexibility index (Phi) is 3.00. The molecule has 1 aromatic carbocycles. The minimum absolute atomic E-state index is 0.0654. The molecule has 0 aliphatic rings. The summed E-state index contributed by atoms with van der Waals surface area (Å²) in [6.07, 6.45) is 0. The van der Waals surface area contributed by atoms with Gasteiger partial charge in [0.1, 0.15) is 5.75 Å². The number of para-hydroxylation sites is 1. The van der Waals surface area contributed by atoms with E-state index < -0.39 is 7.32 Å². The van der Waals surface area contributed by atoms with E-state index >= 15 is 0 Å². The standard InChI is InChI=1S/C7H9BO5/c1-12-7-5(9)3-2-4-6(7)13-8(10)11/h2-4,9-11H,1H3. The maximum Gasteiger partial charge on any atom is 0.707 e. The van der Waals surface area contributed by atoms with E-state index in [1.807, 2.05) is 0 Å². The number of hydrogen-bond acceptors (Lipinski definition) is 5. The highest BCUT2D eigenvalue weighted by Gasteiger charge is 2.16. The number of phenolic OH excluding ortho intramolecular Hbond substituents is 1. The number of benzene rings is 1. The number of methoxy groups -OCH3 is 1. The highest BCUT2D eigenvalue weighted by molar-refractivity contribution is 6.33. The summed E-state index contributed by atoms with van der Waals surface area (Å²) in [6.45, 7) is 0. The average Bonchev–Trinajstić information content (AvgIpc) is 2.03. The van der Waals surface area contributed by atoms with Crippen molar-refractivity contribution >= 4 is 7.32 Å². The highest BCUT2D eigenvalue weighted by atomic mass is 16.6. The quantitative estimate of drug-likeness (QED) is 0.564. The minimum atomic E-state index is -1.93. The number of rotatable bonds is 3. The van der Waals surface area contributed by atoms with Gasteiger partial charge in [0.25, 0.3) is 0 Å². The van der Waals surface area contributed by atoms with Crippen LogP contribution in [-0.2, 0) is 0 Å². The summed E-state index contributed by atoms with van der Waals surface area (Å²) >= 11 is 0. The lowest BCUT2D eigenvalue weighted by Gasteiger charge is -2.10. The topological polar surface area (TPSA) is 79.2 Å². The van der Waals surface area contributed by atoms with Crippen molar-refractivity contribution in [1.82, 2.24) is 0 Å². The molecule has 1 rings (SSSR count). The Morgan fingerprint density at radius 2 is 2.00 bits per heavy atom. The van der Waals surface area contributed by atoms with E-state index in [0.717, 1.165) is 0 Å². The van der Waals surface area contributed by atoms with Crippen molar-refractivity contribution in [3.63, 3.8) is 0 Å². The molecule has 13 heavy (non-hydrogen) atoms. The fourth-order valence-electron chi connectivity index (χ4n) is 0.916. The van der Waals surface area contributed by atoms with Gasteiger partial charge in [-0.1, -0.05) is 6.07 Å². The third kappa shape index (κ3) is 2.27. The minimum Gasteiger partial charge on any atom is -0.509 e. The molecule has 0 atom stereocenters. The lowest BCUT2D eigenvalue weighted by molar-refractivity contribution is 0.276. The SMILES string of the molecule is COc1c(O)cccc1OB(O)O. The molecule has 0 heterocycles. The van der Waals surface area contributed by atoms with Crippen LogP contribution >= 0.6 is 0 Å². The molecule has 0 spiro atoms. The van der Waals surface area contributed by atoms with E-state index in [0.29, 0.717) is 0 Å². The molecule has 0 saturated carbocycles. The van der Waals surface area contributed by atoms with Crippen molar-refractivity contribution in [2.75, 3.05) is 7.11 Å². The van der Waals surface area contributed by atoms with E-state index in [4.69, 9.17) is 14.8 Å². The van der Waals surface area contributed by atoms with E-state index in [-0.39, 0.29) is 17.2 Å². The van der Waals surface area contributed by atoms with Crippen LogP contribution in [0.25, 0.3) is 0 Å². The molecule has 3 N–H and O–H groups in total. The highest BCUT2D eigenvalue weighted by Crippen LogP contribution is 2.35. The van der Waals surface area contributed by atoms with Gasteiger partial charge in [0.2, 0.25) is 5.75 Å². The van der Waals surface area contributed by atoms with Crippen LogP contribution in [0.3, 0.4) is 0 Å². The molecule has 5 nitrogen and oxygen atoms in total. The zero-order valence-electron chi connectivity index (χ0n) is 6.97. The number of aromatic hydroxyl groups is 1. The van der Waals surface area contributed by atoms with Crippen LogP contribution in [0.1, 0.15) is 0 Å².